The predicted molar refractivity (Wildman–Crippen MR) is 70.4 cm³/mol. The highest BCUT2D eigenvalue weighted by Gasteiger charge is 2.22. The molecule has 1 aromatic rings. The molecule has 4 heteroatoms. The van der Waals surface area contributed by atoms with Gasteiger partial charge >= 0.3 is 5.97 Å². The van der Waals surface area contributed by atoms with Crippen LogP contribution in [-0.2, 0) is 4.79 Å². The molecule has 1 aliphatic carbocycles. The summed E-state index contributed by atoms with van der Waals surface area (Å²) in [6.07, 6.45) is 6.95. The minimum Gasteiger partial charge on any atom is -0.426 e. The highest BCUT2D eigenvalue weighted by atomic mass is 16.5. The number of hydrazone groups is 1. The first-order chi connectivity index (χ1) is 8.79. The fourth-order valence-electron chi connectivity index (χ4n) is 2.25. The third-order valence-corrected chi connectivity index (χ3v) is 3.26. The molecule has 4 nitrogen and oxygen atoms in total. The Morgan fingerprint density at radius 2 is 1.89 bits per heavy atom. The summed E-state index contributed by atoms with van der Waals surface area (Å²) in [4.78, 5) is 11.9. The van der Waals surface area contributed by atoms with Crippen LogP contribution in [0.25, 0.3) is 0 Å². The minimum absolute atomic E-state index is 0.0732. The van der Waals surface area contributed by atoms with Gasteiger partial charge in [-0.1, -0.05) is 19.3 Å². The molecule has 0 aromatic heterocycles. The molecule has 1 saturated carbocycles. The number of benzene rings is 1. The monoisotopic (exact) mass is 246 g/mol. The van der Waals surface area contributed by atoms with Crippen molar-refractivity contribution >= 4 is 12.2 Å². The molecule has 1 aromatic carbocycles. The maximum Gasteiger partial charge on any atom is 0.314 e. The van der Waals surface area contributed by atoms with Crippen molar-refractivity contribution in [3.05, 3.63) is 29.8 Å². The van der Waals surface area contributed by atoms with Crippen molar-refractivity contribution in [2.75, 3.05) is 0 Å². The number of hydrogen-bond acceptors (Lipinski definition) is 4. The average Bonchev–Trinajstić information content (AvgIpc) is 2.42. The van der Waals surface area contributed by atoms with Crippen LogP contribution in [-0.4, -0.2) is 12.2 Å². The van der Waals surface area contributed by atoms with E-state index >= 15 is 0 Å². The van der Waals surface area contributed by atoms with Crippen LogP contribution in [0.2, 0.25) is 0 Å². The normalized spacial score (nSPS) is 16.9. The molecule has 0 heterocycles. The third kappa shape index (κ3) is 3.32. The number of rotatable bonds is 3. The van der Waals surface area contributed by atoms with Crippen LogP contribution < -0.4 is 10.6 Å². The molecule has 96 valence electrons. The van der Waals surface area contributed by atoms with E-state index in [0.717, 1.165) is 31.2 Å². The van der Waals surface area contributed by atoms with E-state index in [9.17, 15) is 4.79 Å². The predicted octanol–water partition coefficient (Wildman–Crippen LogP) is 2.46. The van der Waals surface area contributed by atoms with E-state index < -0.39 is 0 Å². The Morgan fingerprint density at radius 1 is 1.22 bits per heavy atom. The molecule has 2 rings (SSSR count). The van der Waals surface area contributed by atoms with E-state index in [-0.39, 0.29) is 11.9 Å². The summed E-state index contributed by atoms with van der Waals surface area (Å²) in [6, 6.07) is 7.16. The summed E-state index contributed by atoms with van der Waals surface area (Å²) in [5.41, 5.74) is 0.884. The smallest absolute Gasteiger partial charge is 0.314 e. The molecule has 0 unspecified atom stereocenters. The summed E-state index contributed by atoms with van der Waals surface area (Å²) >= 11 is 0. The van der Waals surface area contributed by atoms with Crippen molar-refractivity contribution in [3.8, 4) is 5.75 Å². The van der Waals surface area contributed by atoms with Crippen LogP contribution in [0.3, 0.4) is 0 Å². The van der Waals surface area contributed by atoms with Crippen LogP contribution in [0.15, 0.2) is 29.4 Å². The zero-order valence-electron chi connectivity index (χ0n) is 10.3. The number of carbonyl (C=O) groups excluding carboxylic acids is 1. The van der Waals surface area contributed by atoms with Crippen LogP contribution in [0, 0.1) is 5.92 Å². The number of hydrogen-bond donors (Lipinski definition) is 1. The van der Waals surface area contributed by atoms with Gasteiger partial charge in [-0.05, 0) is 42.7 Å². The Labute approximate surface area is 107 Å². The lowest BCUT2D eigenvalue weighted by Crippen LogP contribution is -2.22. The zero-order valence-corrected chi connectivity index (χ0v) is 10.3. The number of nitrogens with two attached hydrogens (primary N) is 1. The lowest BCUT2D eigenvalue weighted by atomic mass is 9.89. The van der Waals surface area contributed by atoms with Crippen LogP contribution in [0.5, 0.6) is 5.75 Å². The van der Waals surface area contributed by atoms with Crippen molar-refractivity contribution in [1.29, 1.82) is 0 Å². The Morgan fingerprint density at radius 3 is 2.50 bits per heavy atom. The molecular weight excluding hydrogens is 228 g/mol. The average molecular weight is 246 g/mol. The summed E-state index contributed by atoms with van der Waals surface area (Å²) in [5, 5.41) is 3.44. The molecule has 0 radical (unpaired) electrons. The van der Waals surface area contributed by atoms with Crippen molar-refractivity contribution in [2.24, 2.45) is 16.9 Å². The SMILES string of the molecule is NN=Cc1ccc(OC(=O)C2CCCCC2)cc1. The molecule has 18 heavy (non-hydrogen) atoms. The third-order valence-electron chi connectivity index (χ3n) is 3.26. The van der Waals surface area contributed by atoms with E-state index in [1.165, 1.54) is 6.42 Å². The lowest BCUT2D eigenvalue weighted by Gasteiger charge is -2.19. The van der Waals surface area contributed by atoms with E-state index in [1.807, 2.05) is 12.1 Å². The fourth-order valence-corrected chi connectivity index (χ4v) is 2.25. The van der Waals surface area contributed by atoms with E-state index in [1.54, 1.807) is 18.3 Å². The second-order valence-corrected chi connectivity index (χ2v) is 4.60. The first-order valence-electron chi connectivity index (χ1n) is 6.34. The lowest BCUT2D eigenvalue weighted by molar-refractivity contribution is -0.139. The van der Waals surface area contributed by atoms with Gasteiger partial charge in [0.05, 0.1) is 12.1 Å². The van der Waals surface area contributed by atoms with Gasteiger partial charge in [0.15, 0.2) is 0 Å². The van der Waals surface area contributed by atoms with Gasteiger partial charge in [-0.15, -0.1) is 0 Å². The Hall–Kier alpha value is -1.84. The maximum absolute atomic E-state index is 11.9. The molecule has 0 spiro atoms. The van der Waals surface area contributed by atoms with E-state index in [4.69, 9.17) is 10.6 Å². The minimum atomic E-state index is -0.102. The zero-order chi connectivity index (χ0) is 12.8. The largest absolute Gasteiger partial charge is 0.426 e. The van der Waals surface area contributed by atoms with Crippen LogP contribution in [0.1, 0.15) is 37.7 Å². The first-order valence-corrected chi connectivity index (χ1v) is 6.34. The number of ether oxygens (including phenoxy) is 1. The van der Waals surface area contributed by atoms with Crippen molar-refractivity contribution in [1.82, 2.24) is 0 Å². The molecule has 0 bridgehead atoms. The van der Waals surface area contributed by atoms with Crippen LogP contribution in [0.4, 0.5) is 0 Å². The maximum atomic E-state index is 11.9. The number of nitrogens with zero attached hydrogens (tertiary/aromatic N) is 1. The summed E-state index contributed by atoms with van der Waals surface area (Å²) in [7, 11) is 0. The van der Waals surface area contributed by atoms with Gasteiger partial charge in [0.1, 0.15) is 5.75 Å². The quantitative estimate of drug-likeness (QED) is 0.293. The van der Waals surface area contributed by atoms with Gasteiger partial charge in [-0.2, -0.15) is 5.10 Å². The van der Waals surface area contributed by atoms with E-state index in [0.29, 0.717) is 5.75 Å². The van der Waals surface area contributed by atoms with Gasteiger partial charge in [0.25, 0.3) is 0 Å². The molecule has 1 aliphatic rings. The van der Waals surface area contributed by atoms with Gasteiger partial charge in [-0.25, -0.2) is 0 Å². The first kappa shape index (κ1) is 12.6. The summed E-state index contributed by atoms with van der Waals surface area (Å²) < 4.78 is 5.37. The van der Waals surface area contributed by atoms with Gasteiger partial charge < -0.3 is 10.6 Å². The number of esters is 1. The van der Waals surface area contributed by atoms with Crippen molar-refractivity contribution in [3.63, 3.8) is 0 Å². The fraction of sp³-hybridized carbons (Fsp3) is 0.429. The Bertz CT molecular complexity index is 420. The standard InChI is InChI=1S/C14H18N2O2/c15-16-10-11-6-8-13(9-7-11)18-14(17)12-4-2-1-3-5-12/h6-10,12H,1-5,15H2. The topological polar surface area (TPSA) is 64.7 Å². The molecule has 2 N–H and O–H groups in total. The Kier molecular flexibility index (Phi) is 4.34. The van der Waals surface area contributed by atoms with Gasteiger partial charge in [-0.3, -0.25) is 4.79 Å². The molecule has 1 fully saturated rings. The number of carbonyl (C=O) groups is 1. The van der Waals surface area contributed by atoms with Gasteiger partial charge in [0, 0.05) is 0 Å². The van der Waals surface area contributed by atoms with E-state index in [2.05, 4.69) is 5.10 Å². The highest BCUT2D eigenvalue weighted by molar-refractivity contribution is 5.80. The molecule has 0 amide bonds. The molecule has 0 aliphatic heterocycles. The molecular formula is C14H18N2O2. The highest BCUT2D eigenvalue weighted by Crippen LogP contribution is 2.25. The van der Waals surface area contributed by atoms with Crippen LogP contribution >= 0.6 is 0 Å². The van der Waals surface area contributed by atoms with Crippen molar-refractivity contribution < 1.29 is 9.53 Å². The van der Waals surface area contributed by atoms with Crippen molar-refractivity contribution in [2.45, 2.75) is 32.1 Å². The Balaban J connectivity index is 1.93. The summed E-state index contributed by atoms with van der Waals surface area (Å²) in [5.74, 6) is 5.62. The second-order valence-electron chi connectivity index (χ2n) is 4.60. The van der Waals surface area contributed by atoms with Gasteiger partial charge in [0.2, 0.25) is 0 Å². The second kappa shape index (κ2) is 6.19. The summed E-state index contributed by atoms with van der Waals surface area (Å²) in [6.45, 7) is 0. The molecule has 0 atom stereocenters. The molecule has 0 saturated heterocycles.